The van der Waals surface area contributed by atoms with Crippen molar-refractivity contribution in [3.63, 3.8) is 0 Å². The summed E-state index contributed by atoms with van der Waals surface area (Å²) in [5, 5.41) is 8.73. The Morgan fingerprint density at radius 3 is 2.46 bits per heavy atom. The first-order valence-electron chi connectivity index (χ1n) is 4.11. The van der Waals surface area contributed by atoms with Gasteiger partial charge < -0.3 is 10.8 Å². The van der Waals surface area contributed by atoms with Crippen LogP contribution < -0.4 is 10.3 Å². The number of aromatic nitrogens is 1. The molecule has 1 aromatic heterocycles. The molecule has 4 heteroatoms. The van der Waals surface area contributed by atoms with Gasteiger partial charge in [0.2, 0.25) is 6.04 Å². The van der Waals surface area contributed by atoms with Crippen LogP contribution in [0.4, 0.5) is 0 Å². The summed E-state index contributed by atoms with van der Waals surface area (Å²) in [5.41, 5.74) is 5.18. The number of primary amides is 1. The van der Waals surface area contributed by atoms with Crippen molar-refractivity contribution in [1.29, 1.82) is 0 Å². The standard InChI is InChI=1S/C9H12N2O2/c10-9(13)8(4-7-12)11-5-2-1-3-6-11/h1-3,5-6,8,12H,4,7H2,(H-,10,13)/p+1. The molecule has 0 aliphatic rings. The molecule has 1 amide bonds. The van der Waals surface area contributed by atoms with Gasteiger partial charge in [0.15, 0.2) is 12.4 Å². The minimum Gasteiger partial charge on any atom is -0.396 e. The van der Waals surface area contributed by atoms with Gasteiger partial charge in [0.1, 0.15) is 0 Å². The van der Waals surface area contributed by atoms with Crippen LogP contribution in [-0.4, -0.2) is 17.6 Å². The molecule has 1 aromatic rings. The first-order chi connectivity index (χ1) is 6.25. The molecule has 1 heterocycles. The predicted molar refractivity (Wildman–Crippen MR) is 46.6 cm³/mol. The Balaban J connectivity index is 2.82. The molecule has 1 unspecified atom stereocenters. The van der Waals surface area contributed by atoms with Crippen molar-refractivity contribution >= 4 is 5.91 Å². The molecular formula is C9H13N2O2+. The molecule has 0 aliphatic heterocycles. The van der Waals surface area contributed by atoms with E-state index in [1.807, 2.05) is 18.2 Å². The number of carbonyl (C=O) groups excluding carboxylic acids is 1. The summed E-state index contributed by atoms with van der Waals surface area (Å²) in [6.07, 6.45) is 3.86. The summed E-state index contributed by atoms with van der Waals surface area (Å²) < 4.78 is 1.69. The third-order valence-electron chi connectivity index (χ3n) is 1.83. The van der Waals surface area contributed by atoms with Gasteiger partial charge >= 0.3 is 0 Å². The molecule has 1 rings (SSSR count). The quantitative estimate of drug-likeness (QED) is 0.608. The second kappa shape index (κ2) is 4.57. The number of aliphatic hydroxyl groups is 1. The van der Waals surface area contributed by atoms with Crippen LogP contribution in [0.1, 0.15) is 12.5 Å². The molecule has 1 atom stereocenters. The highest BCUT2D eigenvalue weighted by atomic mass is 16.3. The monoisotopic (exact) mass is 181 g/mol. The van der Waals surface area contributed by atoms with E-state index in [4.69, 9.17) is 10.8 Å². The van der Waals surface area contributed by atoms with Gasteiger partial charge in [-0.05, 0) is 0 Å². The number of carbonyl (C=O) groups is 1. The number of nitrogens with two attached hydrogens (primary N) is 1. The van der Waals surface area contributed by atoms with Crippen LogP contribution in [0.2, 0.25) is 0 Å². The number of pyridine rings is 1. The molecule has 0 bridgehead atoms. The lowest BCUT2D eigenvalue weighted by atomic mass is 10.2. The van der Waals surface area contributed by atoms with Gasteiger partial charge in [-0.25, -0.2) is 0 Å². The van der Waals surface area contributed by atoms with Crippen molar-refractivity contribution in [3.05, 3.63) is 30.6 Å². The van der Waals surface area contributed by atoms with Gasteiger partial charge in [0, 0.05) is 25.2 Å². The minimum atomic E-state index is -0.453. The molecule has 70 valence electrons. The lowest BCUT2D eigenvalue weighted by molar-refractivity contribution is -0.710. The minimum absolute atomic E-state index is 0.0461. The second-order valence-corrected chi connectivity index (χ2v) is 2.75. The van der Waals surface area contributed by atoms with E-state index in [2.05, 4.69) is 0 Å². The fourth-order valence-electron chi connectivity index (χ4n) is 1.18. The molecule has 0 aliphatic carbocycles. The van der Waals surface area contributed by atoms with Gasteiger partial charge in [-0.2, -0.15) is 4.57 Å². The van der Waals surface area contributed by atoms with Crippen LogP contribution >= 0.6 is 0 Å². The van der Waals surface area contributed by atoms with Crippen LogP contribution in [0.5, 0.6) is 0 Å². The number of nitrogens with zero attached hydrogens (tertiary/aromatic N) is 1. The van der Waals surface area contributed by atoms with Crippen LogP contribution in [-0.2, 0) is 4.79 Å². The van der Waals surface area contributed by atoms with Crippen LogP contribution in [0.3, 0.4) is 0 Å². The Labute approximate surface area is 76.6 Å². The third kappa shape index (κ3) is 2.52. The highest BCUT2D eigenvalue weighted by molar-refractivity contribution is 5.76. The highest BCUT2D eigenvalue weighted by Crippen LogP contribution is 1.99. The van der Waals surface area contributed by atoms with Crippen molar-refractivity contribution < 1.29 is 14.5 Å². The topological polar surface area (TPSA) is 67.2 Å². The molecule has 0 saturated carbocycles. The molecule has 4 nitrogen and oxygen atoms in total. The number of hydrogen-bond donors (Lipinski definition) is 2. The van der Waals surface area contributed by atoms with E-state index in [1.165, 1.54) is 0 Å². The molecule has 0 radical (unpaired) electrons. The SMILES string of the molecule is NC(=O)C(CCO)[n+]1ccccc1. The first-order valence-corrected chi connectivity index (χ1v) is 4.11. The lowest BCUT2D eigenvalue weighted by Gasteiger charge is -2.05. The van der Waals surface area contributed by atoms with Crippen molar-refractivity contribution in [2.24, 2.45) is 5.73 Å². The average molecular weight is 181 g/mol. The molecule has 0 fully saturated rings. The van der Waals surface area contributed by atoms with E-state index in [0.29, 0.717) is 6.42 Å². The van der Waals surface area contributed by atoms with E-state index in [-0.39, 0.29) is 6.61 Å². The largest absolute Gasteiger partial charge is 0.396 e. The summed E-state index contributed by atoms with van der Waals surface area (Å²) in [5.74, 6) is -0.426. The third-order valence-corrected chi connectivity index (χ3v) is 1.83. The van der Waals surface area contributed by atoms with Crippen molar-refractivity contribution in [2.75, 3.05) is 6.61 Å². The summed E-state index contributed by atoms with van der Waals surface area (Å²) >= 11 is 0. The van der Waals surface area contributed by atoms with Crippen molar-refractivity contribution in [3.8, 4) is 0 Å². The van der Waals surface area contributed by atoms with Gasteiger partial charge in [-0.15, -0.1) is 0 Å². The fraction of sp³-hybridized carbons (Fsp3) is 0.333. The van der Waals surface area contributed by atoms with Gasteiger partial charge in [0.25, 0.3) is 5.91 Å². The van der Waals surface area contributed by atoms with Crippen LogP contribution in [0.15, 0.2) is 30.6 Å². The maximum atomic E-state index is 11.0. The van der Waals surface area contributed by atoms with Crippen molar-refractivity contribution in [1.82, 2.24) is 0 Å². The summed E-state index contributed by atoms with van der Waals surface area (Å²) in [7, 11) is 0. The molecule has 0 aromatic carbocycles. The molecule has 0 saturated heterocycles. The number of hydrogen-bond acceptors (Lipinski definition) is 2. The predicted octanol–water partition coefficient (Wildman–Crippen LogP) is -0.617. The highest BCUT2D eigenvalue weighted by Gasteiger charge is 2.23. The zero-order valence-corrected chi connectivity index (χ0v) is 7.26. The summed E-state index contributed by atoms with van der Waals surface area (Å²) in [6.45, 7) is -0.0461. The average Bonchev–Trinajstić information content (AvgIpc) is 2.15. The van der Waals surface area contributed by atoms with E-state index in [1.54, 1.807) is 17.0 Å². The first kappa shape index (κ1) is 9.67. The maximum Gasteiger partial charge on any atom is 0.286 e. The zero-order chi connectivity index (χ0) is 9.68. The Morgan fingerprint density at radius 1 is 1.38 bits per heavy atom. The Hall–Kier alpha value is -1.42. The number of rotatable bonds is 4. The second-order valence-electron chi connectivity index (χ2n) is 2.75. The summed E-state index contributed by atoms with van der Waals surface area (Å²) in [6, 6.07) is 5.03. The number of aliphatic hydroxyl groups excluding tert-OH is 1. The van der Waals surface area contributed by atoms with E-state index in [0.717, 1.165) is 0 Å². The molecular weight excluding hydrogens is 168 g/mol. The van der Waals surface area contributed by atoms with Gasteiger partial charge in [-0.1, -0.05) is 6.07 Å². The maximum absolute atomic E-state index is 11.0. The normalized spacial score (nSPS) is 12.4. The number of amides is 1. The molecule has 0 spiro atoms. The Kier molecular flexibility index (Phi) is 3.40. The van der Waals surface area contributed by atoms with Crippen LogP contribution in [0.25, 0.3) is 0 Å². The van der Waals surface area contributed by atoms with Crippen LogP contribution in [0, 0.1) is 0 Å². The summed E-state index contributed by atoms with van der Waals surface area (Å²) in [4.78, 5) is 11.0. The van der Waals surface area contributed by atoms with Gasteiger partial charge in [-0.3, -0.25) is 4.79 Å². The van der Waals surface area contributed by atoms with E-state index >= 15 is 0 Å². The van der Waals surface area contributed by atoms with Gasteiger partial charge in [0.05, 0.1) is 0 Å². The Bertz CT molecular complexity index is 274. The Morgan fingerprint density at radius 2 is 2.00 bits per heavy atom. The smallest absolute Gasteiger partial charge is 0.286 e. The van der Waals surface area contributed by atoms with E-state index < -0.39 is 11.9 Å². The molecule has 13 heavy (non-hydrogen) atoms. The lowest BCUT2D eigenvalue weighted by Crippen LogP contribution is -2.46. The molecule has 3 N–H and O–H groups in total. The fourth-order valence-corrected chi connectivity index (χ4v) is 1.18. The van der Waals surface area contributed by atoms with E-state index in [9.17, 15) is 4.79 Å². The van der Waals surface area contributed by atoms with Crippen molar-refractivity contribution in [2.45, 2.75) is 12.5 Å². The zero-order valence-electron chi connectivity index (χ0n) is 7.26.